The molecule has 2 rings (SSSR count). The van der Waals surface area contributed by atoms with Gasteiger partial charge in [-0.15, -0.1) is 24.0 Å². The number of aliphatic imine (C=N–C) groups is 1. The van der Waals surface area contributed by atoms with Crippen LogP contribution in [0.15, 0.2) is 29.3 Å². The number of carbonyl (C=O) groups excluding carboxylic acids is 1. The number of methoxy groups -OCH3 is 1. The number of ether oxygens (including phenoxy) is 3. The van der Waals surface area contributed by atoms with Crippen LogP contribution in [0.1, 0.15) is 33.1 Å². The van der Waals surface area contributed by atoms with Crippen molar-refractivity contribution in [3.63, 3.8) is 0 Å². The fourth-order valence-corrected chi connectivity index (χ4v) is 3.07. The lowest BCUT2D eigenvalue weighted by Crippen LogP contribution is -2.49. The molecule has 170 valence electrons. The highest BCUT2D eigenvalue weighted by Gasteiger charge is 2.23. The quantitative estimate of drug-likeness (QED) is 0.219. The summed E-state index contributed by atoms with van der Waals surface area (Å²) in [5.41, 5.74) is 0. The van der Waals surface area contributed by atoms with Crippen molar-refractivity contribution >= 4 is 36.0 Å². The van der Waals surface area contributed by atoms with Crippen LogP contribution in [0.5, 0.6) is 11.5 Å². The third-order valence-corrected chi connectivity index (χ3v) is 4.59. The minimum Gasteiger partial charge on any atom is -0.497 e. The first-order chi connectivity index (χ1) is 14.2. The van der Waals surface area contributed by atoms with Gasteiger partial charge in [0.1, 0.15) is 11.5 Å². The molecule has 0 radical (unpaired) electrons. The molecule has 1 aliphatic rings. The summed E-state index contributed by atoms with van der Waals surface area (Å²) >= 11 is 0. The summed E-state index contributed by atoms with van der Waals surface area (Å²) in [6, 6.07) is 7.89. The molecular formula is C21H35IN4O4. The summed E-state index contributed by atoms with van der Waals surface area (Å²) < 4.78 is 16.0. The third kappa shape index (κ3) is 9.27. The predicted octanol–water partition coefficient (Wildman–Crippen LogP) is 3.26. The molecule has 2 N–H and O–H groups in total. The highest BCUT2D eigenvalue weighted by molar-refractivity contribution is 14.0. The first-order valence-corrected chi connectivity index (χ1v) is 10.4. The van der Waals surface area contributed by atoms with E-state index in [1.807, 2.05) is 38.1 Å². The predicted molar refractivity (Wildman–Crippen MR) is 129 cm³/mol. The largest absolute Gasteiger partial charge is 0.497 e. The van der Waals surface area contributed by atoms with E-state index in [0.29, 0.717) is 38.9 Å². The highest BCUT2D eigenvalue weighted by atomic mass is 127. The minimum absolute atomic E-state index is 0. The number of halogens is 1. The lowest BCUT2D eigenvalue weighted by atomic mass is 10.1. The van der Waals surface area contributed by atoms with Gasteiger partial charge in [0, 0.05) is 44.7 Å². The summed E-state index contributed by atoms with van der Waals surface area (Å²) in [5.74, 6) is 2.39. The van der Waals surface area contributed by atoms with Crippen LogP contribution in [-0.4, -0.2) is 69.5 Å². The van der Waals surface area contributed by atoms with Gasteiger partial charge in [0.25, 0.3) is 0 Å². The van der Waals surface area contributed by atoms with Crippen molar-refractivity contribution in [1.29, 1.82) is 0 Å². The van der Waals surface area contributed by atoms with Gasteiger partial charge in [-0.3, -0.25) is 4.99 Å². The molecule has 0 spiro atoms. The highest BCUT2D eigenvalue weighted by Crippen LogP contribution is 2.18. The molecule has 30 heavy (non-hydrogen) atoms. The van der Waals surface area contributed by atoms with Crippen molar-refractivity contribution in [2.75, 3.05) is 46.5 Å². The summed E-state index contributed by atoms with van der Waals surface area (Å²) in [4.78, 5) is 18.2. The second-order valence-corrected chi connectivity index (χ2v) is 6.75. The van der Waals surface area contributed by atoms with E-state index in [1.54, 1.807) is 12.0 Å². The smallest absolute Gasteiger partial charge is 0.409 e. The summed E-state index contributed by atoms with van der Waals surface area (Å²) in [6.45, 7) is 7.74. The Bertz CT molecular complexity index is 652. The number of nitrogens with zero attached hydrogens (tertiary/aromatic N) is 2. The number of nitrogens with one attached hydrogen (secondary N) is 2. The van der Waals surface area contributed by atoms with Gasteiger partial charge in [0.15, 0.2) is 5.96 Å². The number of carbonyl (C=O) groups is 1. The van der Waals surface area contributed by atoms with E-state index < -0.39 is 0 Å². The van der Waals surface area contributed by atoms with E-state index in [4.69, 9.17) is 14.2 Å². The Labute approximate surface area is 196 Å². The standard InChI is InChI=1S/C21H34N4O4.HI/c1-4-22-20(24-17-10-13-25(14-11-17)21(26)28-5-2)23-12-7-15-29-19-9-6-8-18(16-19)27-3;/h6,8-9,16-17H,4-5,7,10-15H2,1-3H3,(H2,22,23,24);1H. The zero-order valence-electron chi connectivity index (χ0n) is 18.2. The van der Waals surface area contributed by atoms with E-state index in [2.05, 4.69) is 15.6 Å². The molecule has 1 aromatic rings. The Morgan fingerprint density at radius 1 is 1.23 bits per heavy atom. The van der Waals surface area contributed by atoms with Crippen LogP contribution in [-0.2, 0) is 4.74 Å². The molecule has 1 amide bonds. The van der Waals surface area contributed by atoms with Crippen LogP contribution in [0.2, 0.25) is 0 Å². The SMILES string of the molecule is CCNC(=NCCCOc1cccc(OC)c1)NC1CCN(C(=O)OCC)CC1.I. The molecule has 1 aromatic carbocycles. The molecule has 8 nitrogen and oxygen atoms in total. The Morgan fingerprint density at radius 2 is 1.97 bits per heavy atom. The van der Waals surface area contributed by atoms with Crippen molar-refractivity contribution in [2.45, 2.75) is 39.2 Å². The van der Waals surface area contributed by atoms with Gasteiger partial charge in [0.2, 0.25) is 0 Å². The summed E-state index contributed by atoms with van der Waals surface area (Å²) in [5, 5.41) is 6.76. The number of guanidine groups is 1. The van der Waals surface area contributed by atoms with E-state index in [0.717, 1.165) is 43.3 Å². The van der Waals surface area contributed by atoms with Crippen molar-refractivity contribution in [1.82, 2.24) is 15.5 Å². The van der Waals surface area contributed by atoms with Crippen molar-refractivity contribution < 1.29 is 19.0 Å². The number of likely N-dealkylation sites (tertiary alicyclic amines) is 1. The Hall–Kier alpha value is -1.91. The fourth-order valence-electron chi connectivity index (χ4n) is 3.07. The van der Waals surface area contributed by atoms with Crippen LogP contribution < -0.4 is 20.1 Å². The maximum atomic E-state index is 11.8. The lowest BCUT2D eigenvalue weighted by Gasteiger charge is -2.32. The van der Waals surface area contributed by atoms with Gasteiger partial charge in [-0.25, -0.2) is 4.79 Å². The average Bonchev–Trinajstić information content (AvgIpc) is 2.74. The van der Waals surface area contributed by atoms with Gasteiger partial charge in [0.05, 0.1) is 20.3 Å². The Morgan fingerprint density at radius 3 is 2.63 bits per heavy atom. The molecule has 1 heterocycles. The lowest BCUT2D eigenvalue weighted by molar-refractivity contribution is 0.0963. The number of amides is 1. The van der Waals surface area contributed by atoms with Crippen molar-refractivity contribution in [3.05, 3.63) is 24.3 Å². The average molecular weight is 534 g/mol. The summed E-state index contributed by atoms with van der Waals surface area (Å²) in [7, 11) is 1.64. The molecule has 9 heteroatoms. The molecular weight excluding hydrogens is 499 g/mol. The topological polar surface area (TPSA) is 84.4 Å². The van der Waals surface area contributed by atoms with Crippen LogP contribution in [0.25, 0.3) is 0 Å². The van der Waals surface area contributed by atoms with Gasteiger partial charge in [-0.2, -0.15) is 0 Å². The van der Waals surface area contributed by atoms with E-state index in [9.17, 15) is 4.79 Å². The summed E-state index contributed by atoms with van der Waals surface area (Å²) in [6.07, 6.45) is 2.35. The Kier molecular flexibility index (Phi) is 13.0. The minimum atomic E-state index is -0.220. The molecule has 0 aromatic heterocycles. The molecule has 1 fully saturated rings. The molecule has 0 unspecified atom stereocenters. The molecule has 0 bridgehead atoms. The van der Waals surface area contributed by atoms with Gasteiger partial charge in [-0.05, 0) is 38.8 Å². The van der Waals surface area contributed by atoms with Crippen LogP contribution in [0, 0.1) is 0 Å². The first kappa shape index (κ1) is 26.1. The van der Waals surface area contributed by atoms with Gasteiger partial charge < -0.3 is 29.7 Å². The molecule has 0 aliphatic carbocycles. The molecule has 1 saturated heterocycles. The molecule has 0 saturated carbocycles. The Balaban J connectivity index is 0.00000450. The third-order valence-electron chi connectivity index (χ3n) is 4.59. The van der Waals surface area contributed by atoms with Crippen molar-refractivity contribution in [3.8, 4) is 11.5 Å². The second-order valence-electron chi connectivity index (χ2n) is 6.75. The van der Waals surface area contributed by atoms with Gasteiger partial charge >= 0.3 is 6.09 Å². The fraction of sp³-hybridized carbons (Fsp3) is 0.619. The number of piperidine rings is 1. The number of benzene rings is 1. The maximum absolute atomic E-state index is 11.8. The second kappa shape index (κ2) is 15.0. The van der Waals surface area contributed by atoms with Gasteiger partial charge in [-0.1, -0.05) is 6.07 Å². The van der Waals surface area contributed by atoms with E-state index >= 15 is 0 Å². The van der Waals surface area contributed by atoms with E-state index in [-0.39, 0.29) is 30.1 Å². The van der Waals surface area contributed by atoms with Crippen LogP contribution >= 0.6 is 24.0 Å². The van der Waals surface area contributed by atoms with Crippen LogP contribution in [0.3, 0.4) is 0 Å². The zero-order chi connectivity index (χ0) is 20.9. The molecule has 0 atom stereocenters. The normalized spacial score (nSPS) is 14.5. The molecule has 1 aliphatic heterocycles. The first-order valence-electron chi connectivity index (χ1n) is 10.4. The van der Waals surface area contributed by atoms with E-state index in [1.165, 1.54) is 0 Å². The maximum Gasteiger partial charge on any atom is 0.409 e. The number of hydrogen-bond donors (Lipinski definition) is 2. The number of hydrogen-bond acceptors (Lipinski definition) is 5. The van der Waals surface area contributed by atoms with Crippen molar-refractivity contribution in [2.24, 2.45) is 4.99 Å². The zero-order valence-corrected chi connectivity index (χ0v) is 20.5. The number of rotatable bonds is 9. The van der Waals surface area contributed by atoms with Crippen LogP contribution in [0.4, 0.5) is 4.79 Å². The monoisotopic (exact) mass is 534 g/mol.